The average Bonchev–Trinajstić information content (AvgIpc) is 2.92. The Kier molecular flexibility index (Phi) is 3.50. The van der Waals surface area contributed by atoms with Crippen molar-refractivity contribution in [3.8, 4) is 22.4 Å². The van der Waals surface area contributed by atoms with Crippen LogP contribution in [0.2, 0.25) is 0 Å². The Morgan fingerprint density at radius 3 is 2.48 bits per heavy atom. The van der Waals surface area contributed by atoms with Crippen LogP contribution in [0.1, 0.15) is 11.3 Å². The number of halogens is 1. The van der Waals surface area contributed by atoms with Crippen LogP contribution in [0.15, 0.2) is 59.4 Å². The van der Waals surface area contributed by atoms with Crippen LogP contribution in [0, 0.1) is 19.7 Å². The van der Waals surface area contributed by atoms with E-state index in [-0.39, 0.29) is 11.4 Å². The molecule has 0 atom stereocenters. The molecule has 4 aromatic rings. The third-order valence-electron chi connectivity index (χ3n) is 4.24. The van der Waals surface area contributed by atoms with Gasteiger partial charge < -0.3 is 0 Å². The smallest absolute Gasteiger partial charge is 0.273 e. The maximum Gasteiger partial charge on any atom is 0.273 e. The van der Waals surface area contributed by atoms with E-state index in [0.29, 0.717) is 16.9 Å². The predicted octanol–water partition coefficient (Wildman–Crippen LogP) is 4.11. The summed E-state index contributed by atoms with van der Waals surface area (Å²) in [4.78, 5) is 17.2. The van der Waals surface area contributed by atoms with E-state index in [0.717, 1.165) is 22.4 Å². The van der Waals surface area contributed by atoms with Crippen LogP contribution < -0.4 is 5.56 Å². The molecule has 2 aromatic carbocycles. The molecule has 0 aliphatic heterocycles. The highest BCUT2D eigenvalue weighted by Crippen LogP contribution is 2.28. The molecule has 0 unspecified atom stereocenters. The van der Waals surface area contributed by atoms with Crippen LogP contribution in [-0.4, -0.2) is 14.6 Å². The second-order valence-corrected chi connectivity index (χ2v) is 6.13. The maximum absolute atomic E-state index is 13.2. The van der Waals surface area contributed by atoms with E-state index in [1.54, 1.807) is 12.1 Å². The summed E-state index contributed by atoms with van der Waals surface area (Å²) in [6.07, 6.45) is 0. The lowest BCUT2D eigenvalue weighted by molar-refractivity contribution is 0.628. The first-order valence-electron chi connectivity index (χ1n) is 7.98. The maximum atomic E-state index is 13.2. The Labute approximate surface area is 143 Å². The van der Waals surface area contributed by atoms with Crippen LogP contribution in [0.4, 0.5) is 4.39 Å². The zero-order valence-electron chi connectivity index (χ0n) is 13.9. The van der Waals surface area contributed by atoms with Gasteiger partial charge in [-0.05, 0) is 43.7 Å². The molecule has 25 heavy (non-hydrogen) atoms. The van der Waals surface area contributed by atoms with Gasteiger partial charge in [-0.2, -0.15) is 0 Å². The van der Waals surface area contributed by atoms with Crippen molar-refractivity contribution in [2.24, 2.45) is 0 Å². The average molecular weight is 333 g/mol. The molecule has 0 aliphatic rings. The van der Waals surface area contributed by atoms with E-state index in [1.165, 1.54) is 22.7 Å². The van der Waals surface area contributed by atoms with Crippen molar-refractivity contribution in [2.45, 2.75) is 13.8 Å². The highest BCUT2D eigenvalue weighted by molar-refractivity contribution is 5.81. The zero-order chi connectivity index (χ0) is 17.6. The minimum Gasteiger partial charge on any atom is -0.293 e. The van der Waals surface area contributed by atoms with Gasteiger partial charge in [-0.1, -0.05) is 29.8 Å². The molecule has 0 saturated heterocycles. The van der Waals surface area contributed by atoms with E-state index in [4.69, 9.17) is 0 Å². The van der Waals surface area contributed by atoms with Crippen LogP contribution in [0.25, 0.3) is 28.0 Å². The molecule has 124 valence electrons. The SMILES string of the molecule is Cc1cccc(-c2c(C)[nH]n3c(=O)cc(-c4ccc(F)cc4)nc23)c1. The summed E-state index contributed by atoms with van der Waals surface area (Å²) in [5, 5.41) is 3.08. The van der Waals surface area contributed by atoms with Crippen LogP contribution in [-0.2, 0) is 0 Å². The van der Waals surface area contributed by atoms with Crippen molar-refractivity contribution in [3.05, 3.63) is 82.0 Å². The normalized spacial score (nSPS) is 11.2. The fraction of sp³-hybridized carbons (Fsp3) is 0.100. The summed E-state index contributed by atoms with van der Waals surface area (Å²) < 4.78 is 14.6. The lowest BCUT2D eigenvalue weighted by Gasteiger charge is -2.04. The summed E-state index contributed by atoms with van der Waals surface area (Å²) in [5.74, 6) is -0.320. The van der Waals surface area contributed by atoms with Crippen molar-refractivity contribution < 1.29 is 4.39 Å². The monoisotopic (exact) mass is 333 g/mol. The minimum absolute atomic E-state index is 0.202. The number of aryl methyl sites for hydroxylation is 2. The van der Waals surface area contributed by atoms with Gasteiger partial charge in [0.2, 0.25) is 0 Å². The Hall–Kier alpha value is -3.21. The topological polar surface area (TPSA) is 50.2 Å². The van der Waals surface area contributed by atoms with Gasteiger partial charge in [-0.25, -0.2) is 13.9 Å². The summed E-state index contributed by atoms with van der Waals surface area (Å²) in [6, 6.07) is 15.5. The van der Waals surface area contributed by atoms with Crippen LogP contribution in [0.5, 0.6) is 0 Å². The summed E-state index contributed by atoms with van der Waals surface area (Å²) in [6.45, 7) is 3.95. The number of aromatic nitrogens is 3. The van der Waals surface area contributed by atoms with E-state index in [9.17, 15) is 9.18 Å². The lowest BCUT2D eigenvalue weighted by Crippen LogP contribution is -2.14. The number of hydrogen-bond donors (Lipinski definition) is 1. The fourth-order valence-corrected chi connectivity index (χ4v) is 3.06. The standard InChI is InChI=1S/C20H16FN3O/c1-12-4-3-5-15(10-12)19-13(2)23-24-18(25)11-17(22-20(19)24)14-6-8-16(21)9-7-14/h3-11,23H,1-2H3. The molecular weight excluding hydrogens is 317 g/mol. The Morgan fingerprint density at radius 2 is 1.76 bits per heavy atom. The lowest BCUT2D eigenvalue weighted by atomic mass is 10.0. The Balaban J connectivity index is 2.00. The summed E-state index contributed by atoms with van der Waals surface area (Å²) in [7, 11) is 0. The van der Waals surface area contributed by atoms with E-state index < -0.39 is 0 Å². The van der Waals surface area contributed by atoms with Crippen molar-refractivity contribution in [1.29, 1.82) is 0 Å². The second-order valence-electron chi connectivity index (χ2n) is 6.13. The first kappa shape index (κ1) is 15.3. The van der Waals surface area contributed by atoms with Crippen molar-refractivity contribution in [2.75, 3.05) is 0 Å². The quantitative estimate of drug-likeness (QED) is 0.600. The van der Waals surface area contributed by atoms with Crippen molar-refractivity contribution >= 4 is 5.65 Å². The number of hydrogen-bond acceptors (Lipinski definition) is 2. The molecule has 0 bridgehead atoms. The number of aromatic amines is 1. The predicted molar refractivity (Wildman–Crippen MR) is 96.1 cm³/mol. The van der Waals surface area contributed by atoms with E-state index in [1.807, 2.05) is 32.0 Å². The van der Waals surface area contributed by atoms with E-state index >= 15 is 0 Å². The molecule has 0 aliphatic carbocycles. The first-order valence-corrected chi connectivity index (χ1v) is 7.98. The molecule has 2 aromatic heterocycles. The van der Waals surface area contributed by atoms with Gasteiger partial charge in [0.25, 0.3) is 5.56 Å². The molecule has 5 heteroatoms. The number of H-pyrrole nitrogens is 1. The molecule has 0 fully saturated rings. The van der Waals surface area contributed by atoms with Crippen molar-refractivity contribution in [1.82, 2.24) is 14.6 Å². The highest BCUT2D eigenvalue weighted by atomic mass is 19.1. The van der Waals surface area contributed by atoms with Gasteiger partial charge >= 0.3 is 0 Å². The van der Waals surface area contributed by atoms with E-state index in [2.05, 4.69) is 16.1 Å². The van der Waals surface area contributed by atoms with Crippen LogP contribution >= 0.6 is 0 Å². The van der Waals surface area contributed by atoms with Gasteiger partial charge in [-0.15, -0.1) is 0 Å². The summed E-state index contributed by atoms with van der Waals surface area (Å²) >= 11 is 0. The third-order valence-corrected chi connectivity index (χ3v) is 4.24. The fourth-order valence-electron chi connectivity index (χ4n) is 3.06. The molecule has 1 N–H and O–H groups in total. The number of nitrogens with one attached hydrogen (secondary N) is 1. The Bertz CT molecular complexity index is 1140. The summed E-state index contributed by atoms with van der Waals surface area (Å²) in [5.41, 5.74) is 5.48. The molecule has 4 rings (SSSR count). The highest BCUT2D eigenvalue weighted by Gasteiger charge is 2.15. The molecule has 2 heterocycles. The van der Waals surface area contributed by atoms with Gasteiger partial charge in [0.15, 0.2) is 5.65 Å². The first-order chi connectivity index (χ1) is 12.0. The Morgan fingerprint density at radius 1 is 1.00 bits per heavy atom. The number of rotatable bonds is 2. The van der Waals surface area contributed by atoms with Gasteiger partial charge in [0, 0.05) is 22.9 Å². The zero-order valence-corrected chi connectivity index (χ0v) is 13.9. The minimum atomic E-state index is -0.320. The van der Waals surface area contributed by atoms with Gasteiger partial charge in [-0.3, -0.25) is 9.89 Å². The molecule has 4 nitrogen and oxygen atoms in total. The largest absolute Gasteiger partial charge is 0.293 e. The molecule has 0 spiro atoms. The van der Waals surface area contributed by atoms with Crippen LogP contribution in [0.3, 0.4) is 0 Å². The van der Waals surface area contributed by atoms with Crippen molar-refractivity contribution in [3.63, 3.8) is 0 Å². The van der Waals surface area contributed by atoms with Gasteiger partial charge in [0.05, 0.1) is 5.69 Å². The third kappa shape index (κ3) is 2.63. The number of fused-ring (bicyclic) bond motifs is 1. The molecule has 0 radical (unpaired) electrons. The molecule has 0 amide bonds. The number of nitrogens with zero attached hydrogens (tertiary/aromatic N) is 2. The second kappa shape index (κ2) is 5.70. The number of benzene rings is 2. The molecular formula is C20H16FN3O. The molecule has 0 saturated carbocycles. The van der Waals surface area contributed by atoms with Gasteiger partial charge in [0.1, 0.15) is 5.82 Å².